The van der Waals surface area contributed by atoms with Crippen LogP contribution < -0.4 is 5.32 Å². The van der Waals surface area contributed by atoms with Crippen LogP contribution >= 0.6 is 0 Å². The van der Waals surface area contributed by atoms with Crippen molar-refractivity contribution in [3.8, 4) is 5.69 Å². The molecule has 150 valence electrons. The van der Waals surface area contributed by atoms with Gasteiger partial charge in [-0.15, -0.1) is 0 Å². The van der Waals surface area contributed by atoms with Gasteiger partial charge in [0.2, 0.25) is 0 Å². The van der Waals surface area contributed by atoms with Gasteiger partial charge in [-0.3, -0.25) is 4.79 Å². The van der Waals surface area contributed by atoms with E-state index < -0.39 is 23.7 Å². The number of amides is 1. The Bertz CT molecular complexity index is 1010. The lowest BCUT2D eigenvalue weighted by Gasteiger charge is -2.18. The molecule has 0 aliphatic rings. The SMILES string of the molecule is CCOC(=O)C(NC(=O)c1ccc(F)cc1)c1c(C)nn(-c2ccccc2)c1C. The molecular formula is C22H22FN3O3. The molecule has 7 heteroatoms. The Labute approximate surface area is 168 Å². The zero-order valence-corrected chi connectivity index (χ0v) is 16.5. The standard InChI is InChI=1S/C22H22FN3O3/c1-4-29-22(28)20(24-21(27)16-10-12-17(23)13-11-16)19-14(2)25-26(15(19)3)18-8-6-5-7-9-18/h5-13,20H,4H2,1-3H3,(H,24,27). The molecule has 0 aliphatic carbocycles. The van der Waals surface area contributed by atoms with Gasteiger partial charge in [0.25, 0.3) is 5.91 Å². The molecule has 0 radical (unpaired) electrons. The van der Waals surface area contributed by atoms with Gasteiger partial charge in [0.1, 0.15) is 5.82 Å². The monoisotopic (exact) mass is 395 g/mol. The zero-order valence-electron chi connectivity index (χ0n) is 16.5. The lowest BCUT2D eigenvalue weighted by molar-refractivity contribution is -0.145. The number of nitrogens with one attached hydrogen (secondary N) is 1. The van der Waals surface area contributed by atoms with Gasteiger partial charge >= 0.3 is 5.97 Å². The topological polar surface area (TPSA) is 73.2 Å². The van der Waals surface area contributed by atoms with Gasteiger partial charge in [-0.05, 0) is 57.2 Å². The fourth-order valence-corrected chi connectivity index (χ4v) is 3.18. The van der Waals surface area contributed by atoms with Crippen LogP contribution in [-0.4, -0.2) is 28.3 Å². The van der Waals surface area contributed by atoms with Crippen molar-refractivity contribution in [2.24, 2.45) is 0 Å². The minimum absolute atomic E-state index is 0.173. The first-order chi connectivity index (χ1) is 13.9. The van der Waals surface area contributed by atoms with E-state index in [9.17, 15) is 14.0 Å². The van der Waals surface area contributed by atoms with Crippen LogP contribution in [0.3, 0.4) is 0 Å². The van der Waals surface area contributed by atoms with Crippen LogP contribution in [0.4, 0.5) is 4.39 Å². The van der Waals surface area contributed by atoms with Crippen LogP contribution in [0.1, 0.15) is 40.3 Å². The highest BCUT2D eigenvalue weighted by Crippen LogP contribution is 2.26. The fraction of sp³-hybridized carbons (Fsp3) is 0.227. The van der Waals surface area contributed by atoms with Crippen molar-refractivity contribution in [1.82, 2.24) is 15.1 Å². The number of hydrogen-bond donors (Lipinski definition) is 1. The van der Waals surface area contributed by atoms with E-state index in [2.05, 4.69) is 10.4 Å². The first-order valence-electron chi connectivity index (χ1n) is 9.27. The van der Waals surface area contributed by atoms with Crippen LogP contribution in [0.15, 0.2) is 54.6 Å². The van der Waals surface area contributed by atoms with E-state index in [4.69, 9.17) is 4.74 Å². The maximum absolute atomic E-state index is 13.2. The van der Waals surface area contributed by atoms with E-state index in [0.717, 1.165) is 5.69 Å². The largest absolute Gasteiger partial charge is 0.464 e. The second kappa shape index (κ2) is 8.68. The molecule has 0 bridgehead atoms. The van der Waals surface area contributed by atoms with Gasteiger partial charge in [0.05, 0.1) is 18.0 Å². The number of hydrogen-bond acceptors (Lipinski definition) is 4. The third-order valence-corrected chi connectivity index (χ3v) is 4.54. The van der Waals surface area contributed by atoms with Crippen LogP contribution in [0, 0.1) is 19.7 Å². The molecule has 0 aliphatic heterocycles. The summed E-state index contributed by atoms with van der Waals surface area (Å²) in [6.07, 6.45) is 0. The molecule has 0 spiro atoms. The molecular weight excluding hydrogens is 373 g/mol. The molecule has 0 saturated carbocycles. The van der Waals surface area contributed by atoms with Crippen LogP contribution in [0.5, 0.6) is 0 Å². The van der Waals surface area contributed by atoms with E-state index in [1.54, 1.807) is 18.5 Å². The summed E-state index contributed by atoms with van der Waals surface area (Å²) in [7, 11) is 0. The van der Waals surface area contributed by atoms with Crippen LogP contribution in [0.2, 0.25) is 0 Å². The highest BCUT2D eigenvalue weighted by atomic mass is 19.1. The van der Waals surface area contributed by atoms with Gasteiger partial charge in [-0.25, -0.2) is 13.9 Å². The van der Waals surface area contributed by atoms with Crippen LogP contribution in [0.25, 0.3) is 5.69 Å². The summed E-state index contributed by atoms with van der Waals surface area (Å²) >= 11 is 0. The number of carbonyl (C=O) groups is 2. The van der Waals surface area contributed by atoms with Crippen molar-refractivity contribution < 1.29 is 18.7 Å². The molecule has 2 aromatic carbocycles. The second-order valence-electron chi connectivity index (χ2n) is 6.50. The van der Waals surface area contributed by atoms with Crippen molar-refractivity contribution in [2.45, 2.75) is 26.8 Å². The summed E-state index contributed by atoms with van der Waals surface area (Å²) < 4.78 is 20.1. The number of ether oxygens (including phenoxy) is 1. The summed E-state index contributed by atoms with van der Waals surface area (Å²) in [6, 6.07) is 13.6. The molecule has 29 heavy (non-hydrogen) atoms. The molecule has 1 heterocycles. The Kier molecular flexibility index (Phi) is 6.07. The Morgan fingerprint density at radius 1 is 1.10 bits per heavy atom. The van der Waals surface area contributed by atoms with Crippen molar-refractivity contribution in [2.75, 3.05) is 6.61 Å². The summed E-state index contributed by atoms with van der Waals surface area (Å²) in [4.78, 5) is 25.4. The number of para-hydroxylation sites is 1. The van der Waals surface area contributed by atoms with Crippen molar-refractivity contribution in [3.63, 3.8) is 0 Å². The molecule has 1 amide bonds. The second-order valence-corrected chi connectivity index (χ2v) is 6.50. The number of benzene rings is 2. The number of rotatable bonds is 6. The quantitative estimate of drug-likeness (QED) is 0.647. The molecule has 6 nitrogen and oxygen atoms in total. The number of halogens is 1. The van der Waals surface area contributed by atoms with E-state index in [1.807, 2.05) is 37.3 Å². The normalized spacial score (nSPS) is 11.7. The third-order valence-electron chi connectivity index (χ3n) is 4.54. The first-order valence-corrected chi connectivity index (χ1v) is 9.27. The van der Waals surface area contributed by atoms with E-state index in [0.29, 0.717) is 17.0 Å². The summed E-state index contributed by atoms with van der Waals surface area (Å²) in [5.41, 5.74) is 2.97. The number of carbonyl (C=O) groups excluding carboxylic acids is 2. The zero-order chi connectivity index (χ0) is 21.0. The highest BCUT2D eigenvalue weighted by Gasteiger charge is 2.30. The minimum Gasteiger partial charge on any atom is -0.464 e. The van der Waals surface area contributed by atoms with Gasteiger partial charge in [0, 0.05) is 16.8 Å². The molecule has 3 aromatic rings. The van der Waals surface area contributed by atoms with Crippen LogP contribution in [-0.2, 0) is 9.53 Å². The predicted molar refractivity (Wildman–Crippen MR) is 106 cm³/mol. The van der Waals surface area contributed by atoms with Crippen molar-refractivity contribution >= 4 is 11.9 Å². The molecule has 1 aromatic heterocycles. The lowest BCUT2D eigenvalue weighted by Crippen LogP contribution is -2.35. The average Bonchev–Trinajstić information content (AvgIpc) is 3.01. The number of aromatic nitrogens is 2. The molecule has 1 N–H and O–H groups in total. The smallest absolute Gasteiger partial charge is 0.333 e. The number of aryl methyl sites for hydroxylation is 1. The summed E-state index contributed by atoms with van der Waals surface area (Å²) in [5.74, 6) is -1.53. The fourth-order valence-electron chi connectivity index (χ4n) is 3.18. The van der Waals surface area contributed by atoms with Gasteiger partial charge < -0.3 is 10.1 Å². The highest BCUT2D eigenvalue weighted by molar-refractivity contribution is 5.97. The predicted octanol–water partition coefficient (Wildman–Crippen LogP) is 3.66. The van der Waals surface area contributed by atoms with Crippen molar-refractivity contribution in [3.05, 3.63) is 82.9 Å². The van der Waals surface area contributed by atoms with Crippen molar-refractivity contribution in [1.29, 1.82) is 0 Å². The summed E-state index contributed by atoms with van der Waals surface area (Å²) in [5, 5.41) is 7.25. The van der Waals surface area contributed by atoms with Gasteiger partial charge in [-0.1, -0.05) is 18.2 Å². The summed E-state index contributed by atoms with van der Waals surface area (Å²) in [6.45, 7) is 5.48. The first kappa shape index (κ1) is 20.3. The van der Waals surface area contributed by atoms with E-state index in [-0.39, 0.29) is 12.2 Å². The van der Waals surface area contributed by atoms with E-state index >= 15 is 0 Å². The Morgan fingerprint density at radius 2 is 1.76 bits per heavy atom. The minimum atomic E-state index is -1.04. The molecule has 3 rings (SSSR count). The maximum atomic E-state index is 13.2. The lowest BCUT2D eigenvalue weighted by atomic mass is 10.0. The van der Waals surface area contributed by atoms with E-state index in [1.165, 1.54) is 24.3 Å². The maximum Gasteiger partial charge on any atom is 0.333 e. The third kappa shape index (κ3) is 4.34. The Hall–Kier alpha value is -3.48. The number of nitrogens with zero attached hydrogens (tertiary/aromatic N) is 2. The van der Waals surface area contributed by atoms with Gasteiger partial charge in [0.15, 0.2) is 6.04 Å². The molecule has 1 atom stereocenters. The number of esters is 1. The average molecular weight is 395 g/mol. The molecule has 0 fully saturated rings. The molecule has 1 unspecified atom stereocenters. The van der Waals surface area contributed by atoms with Gasteiger partial charge in [-0.2, -0.15) is 5.10 Å². The molecule has 0 saturated heterocycles. The Balaban J connectivity index is 1.99. The Morgan fingerprint density at radius 3 is 2.38 bits per heavy atom.